The summed E-state index contributed by atoms with van der Waals surface area (Å²) in [7, 11) is 0. The van der Waals surface area contributed by atoms with Crippen LogP contribution in [0.2, 0.25) is 5.15 Å². The number of ether oxygens (including phenoxy) is 1. The van der Waals surface area contributed by atoms with Gasteiger partial charge in [-0.1, -0.05) is 17.7 Å². The third kappa shape index (κ3) is 2.94. The normalized spacial score (nSPS) is 10.1. The highest BCUT2D eigenvalue weighted by atomic mass is 35.5. The van der Waals surface area contributed by atoms with Gasteiger partial charge in [0.2, 0.25) is 0 Å². The first-order valence-corrected chi connectivity index (χ1v) is 5.11. The molecular formula is C12H9ClFNO. The van der Waals surface area contributed by atoms with Crippen molar-refractivity contribution in [2.45, 2.75) is 6.61 Å². The fourth-order valence-electron chi connectivity index (χ4n) is 1.22. The highest BCUT2D eigenvalue weighted by Crippen LogP contribution is 2.13. The molecule has 2 nitrogen and oxygen atoms in total. The van der Waals surface area contributed by atoms with E-state index in [-0.39, 0.29) is 5.82 Å². The average molecular weight is 238 g/mol. The second kappa shape index (κ2) is 4.94. The van der Waals surface area contributed by atoms with Crippen LogP contribution >= 0.6 is 11.6 Å². The van der Waals surface area contributed by atoms with Gasteiger partial charge in [-0.05, 0) is 36.4 Å². The molecule has 0 spiro atoms. The largest absolute Gasteiger partial charge is 0.487 e. The minimum atomic E-state index is -0.284. The van der Waals surface area contributed by atoms with Crippen molar-refractivity contribution in [2.24, 2.45) is 0 Å². The molecule has 2 aromatic rings. The Bertz CT molecular complexity index is 473. The Morgan fingerprint density at radius 2 is 1.88 bits per heavy atom. The van der Waals surface area contributed by atoms with Crippen LogP contribution in [0.5, 0.6) is 5.75 Å². The summed E-state index contributed by atoms with van der Waals surface area (Å²) in [6.45, 7) is 0.312. The van der Waals surface area contributed by atoms with E-state index >= 15 is 0 Å². The molecule has 0 saturated heterocycles. The molecule has 4 heteroatoms. The van der Waals surface area contributed by atoms with Crippen LogP contribution in [0.4, 0.5) is 4.39 Å². The summed E-state index contributed by atoms with van der Waals surface area (Å²) >= 11 is 5.73. The Hall–Kier alpha value is -1.61. The number of nitrogens with zero attached hydrogens (tertiary/aromatic N) is 1. The molecule has 0 saturated carbocycles. The van der Waals surface area contributed by atoms with Gasteiger partial charge in [0.15, 0.2) is 0 Å². The number of benzene rings is 1. The van der Waals surface area contributed by atoms with Gasteiger partial charge in [-0.2, -0.15) is 0 Å². The van der Waals surface area contributed by atoms with E-state index in [0.29, 0.717) is 17.5 Å². The molecule has 0 N–H and O–H groups in total. The third-order valence-electron chi connectivity index (χ3n) is 1.97. The van der Waals surface area contributed by atoms with E-state index in [0.717, 1.165) is 5.69 Å². The van der Waals surface area contributed by atoms with Crippen LogP contribution in [-0.4, -0.2) is 4.98 Å². The van der Waals surface area contributed by atoms with E-state index in [1.807, 2.05) is 6.07 Å². The van der Waals surface area contributed by atoms with E-state index in [1.54, 1.807) is 24.3 Å². The predicted molar refractivity (Wildman–Crippen MR) is 60.0 cm³/mol. The molecule has 16 heavy (non-hydrogen) atoms. The van der Waals surface area contributed by atoms with Crippen molar-refractivity contribution in [1.82, 2.24) is 4.98 Å². The molecule has 0 radical (unpaired) electrons. The van der Waals surface area contributed by atoms with Crippen LogP contribution in [0.25, 0.3) is 0 Å². The second-order valence-corrected chi connectivity index (χ2v) is 3.58. The maximum atomic E-state index is 12.6. The van der Waals surface area contributed by atoms with Crippen molar-refractivity contribution in [2.75, 3.05) is 0 Å². The Labute approximate surface area is 97.7 Å². The van der Waals surface area contributed by atoms with Crippen molar-refractivity contribution in [3.63, 3.8) is 0 Å². The second-order valence-electron chi connectivity index (χ2n) is 3.19. The molecule has 1 heterocycles. The molecule has 0 aliphatic heterocycles. The minimum absolute atomic E-state index is 0.284. The summed E-state index contributed by atoms with van der Waals surface area (Å²) in [6.07, 6.45) is 0. The van der Waals surface area contributed by atoms with Gasteiger partial charge >= 0.3 is 0 Å². The monoisotopic (exact) mass is 237 g/mol. The van der Waals surface area contributed by atoms with Gasteiger partial charge in [-0.25, -0.2) is 9.37 Å². The van der Waals surface area contributed by atoms with Crippen molar-refractivity contribution < 1.29 is 9.13 Å². The SMILES string of the molecule is Fc1ccc(OCc2cccc(Cl)n2)cc1. The summed E-state index contributed by atoms with van der Waals surface area (Å²) in [5, 5.41) is 0.431. The summed E-state index contributed by atoms with van der Waals surface area (Å²) in [4.78, 5) is 4.07. The Kier molecular flexibility index (Phi) is 3.37. The number of hydrogen-bond donors (Lipinski definition) is 0. The molecule has 82 valence electrons. The smallest absolute Gasteiger partial charge is 0.130 e. The van der Waals surface area contributed by atoms with Crippen LogP contribution < -0.4 is 4.74 Å². The van der Waals surface area contributed by atoms with Gasteiger partial charge in [0.25, 0.3) is 0 Å². The zero-order chi connectivity index (χ0) is 11.4. The lowest BCUT2D eigenvalue weighted by molar-refractivity contribution is 0.301. The van der Waals surface area contributed by atoms with Gasteiger partial charge in [0.05, 0.1) is 5.69 Å². The van der Waals surface area contributed by atoms with E-state index < -0.39 is 0 Å². The number of aromatic nitrogens is 1. The number of hydrogen-bond acceptors (Lipinski definition) is 2. The molecule has 0 aliphatic rings. The third-order valence-corrected chi connectivity index (χ3v) is 2.18. The molecule has 0 atom stereocenters. The zero-order valence-corrected chi connectivity index (χ0v) is 9.12. The molecule has 0 amide bonds. The molecule has 0 aliphatic carbocycles. The Morgan fingerprint density at radius 3 is 2.56 bits per heavy atom. The van der Waals surface area contributed by atoms with Crippen molar-refractivity contribution in [3.05, 3.63) is 59.1 Å². The van der Waals surface area contributed by atoms with E-state index in [9.17, 15) is 4.39 Å². The molecule has 0 fully saturated rings. The van der Waals surface area contributed by atoms with Crippen molar-refractivity contribution in [3.8, 4) is 5.75 Å². The first-order valence-electron chi connectivity index (χ1n) is 4.74. The standard InChI is InChI=1S/C12H9ClFNO/c13-12-3-1-2-10(15-12)8-16-11-6-4-9(14)5-7-11/h1-7H,8H2. The number of pyridine rings is 1. The van der Waals surface area contributed by atoms with Gasteiger partial charge in [-0.3, -0.25) is 0 Å². The predicted octanol–water partition coefficient (Wildman–Crippen LogP) is 3.45. The first kappa shape index (κ1) is 10.9. The lowest BCUT2D eigenvalue weighted by Crippen LogP contribution is -1.97. The van der Waals surface area contributed by atoms with Crippen LogP contribution in [-0.2, 0) is 6.61 Å². The van der Waals surface area contributed by atoms with Crippen molar-refractivity contribution >= 4 is 11.6 Å². The Morgan fingerprint density at radius 1 is 1.12 bits per heavy atom. The zero-order valence-electron chi connectivity index (χ0n) is 8.36. The summed E-state index contributed by atoms with van der Waals surface area (Å²) in [5.41, 5.74) is 0.733. The van der Waals surface area contributed by atoms with Crippen molar-refractivity contribution in [1.29, 1.82) is 0 Å². The summed E-state index contributed by atoms with van der Waals surface area (Å²) in [6, 6.07) is 11.2. The maximum absolute atomic E-state index is 12.6. The highest BCUT2D eigenvalue weighted by Gasteiger charge is 1.98. The fraction of sp³-hybridized carbons (Fsp3) is 0.0833. The Balaban J connectivity index is 1.99. The maximum Gasteiger partial charge on any atom is 0.130 e. The minimum Gasteiger partial charge on any atom is -0.487 e. The highest BCUT2D eigenvalue weighted by molar-refractivity contribution is 6.29. The molecule has 2 rings (SSSR count). The number of halogens is 2. The van der Waals surface area contributed by atoms with E-state index in [2.05, 4.69) is 4.98 Å². The first-order chi connectivity index (χ1) is 7.74. The topological polar surface area (TPSA) is 22.1 Å². The van der Waals surface area contributed by atoms with E-state index in [1.165, 1.54) is 12.1 Å². The quantitative estimate of drug-likeness (QED) is 0.763. The summed E-state index contributed by atoms with van der Waals surface area (Å²) < 4.78 is 18.0. The molecule has 1 aromatic carbocycles. The lowest BCUT2D eigenvalue weighted by Gasteiger charge is -2.05. The van der Waals surface area contributed by atoms with Crippen LogP contribution in [0.15, 0.2) is 42.5 Å². The van der Waals surface area contributed by atoms with Gasteiger partial charge < -0.3 is 4.74 Å². The number of rotatable bonds is 3. The lowest BCUT2D eigenvalue weighted by atomic mass is 10.3. The summed E-state index contributed by atoms with van der Waals surface area (Å²) in [5.74, 6) is 0.316. The fourth-order valence-corrected chi connectivity index (χ4v) is 1.40. The van der Waals surface area contributed by atoms with Crippen LogP contribution in [0.1, 0.15) is 5.69 Å². The average Bonchev–Trinajstić information content (AvgIpc) is 2.28. The van der Waals surface area contributed by atoms with Gasteiger partial charge in [-0.15, -0.1) is 0 Å². The van der Waals surface area contributed by atoms with Gasteiger partial charge in [0, 0.05) is 0 Å². The molecule has 0 unspecified atom stereocenters. The van der Waals surface area contributed by atoms with Crippen LogP contribution in [0.3, 0.4) is 0 Å². The molecule has 1 aromatic heterocycles. The van der Waals surface area contributed by atoms with Crippen LogP contribution in [0, 0.1) is 5.82 Å². The molecule has 0 bridgehead atoms. The molecular weight excluding hydrogens is 229 g/mol. The van der Waals surface area contributed by atoms with E-state index in [4.69, 9.17) is 16.3 Å². The van der Waals surface area contributed by atoms with Gasteiger partial charge in [0.1, 0.15) is 23.3 Å².